The van der Waals surface area contributed by atoms with Gasteiger partial charge in [-0.15, -0.1) is 0 Å². The van der Waals surface area contributed by atoms with Crippen LogP contribution in [-0.4, -0.2) is 74.0 Å². The van der Waals surface area contributed by atoms with Crippen molar-refractivity contribution < 1.29 is 9.47 Å². The first kappa shape index (κ1) is 25.3. The molecule has 35 heavy (non-hydrogen) atoms. The number of anilines is 1. The Labute approximate surface area is 208 Å². The SMILES string of the molecule is Cc1cc(N2CCN(C(C)c3ccccn3)CC2)ccc1/C(C=NCC1OCC(C)(C)CO1)=N/N. The van der Waals surface area contributed by atoms with E-state index in [0.29, 0.717) is 31.5 Å². The highest BCUT2D eigenvalue weighted by Crippen LogP contribution is 2.25. The fourth-order valence-electron chi connectivity index (χ4n) is 4.54. The Kier molecular flexibility index (Phi) is 8.15. The Hall–Kier alpha value is -2.81. The molecule has 1 aromatic heterocycles. The van der Waals surface area contributed by atoms with Gasteiger partial charge in [0, 0.05) is 61.3 Å². The van der Waals surface area contributed by atoms with Crippen LogP contribution in [-0.2, 0) is 9.47 Å². The number of rotatable bonds is 7. The molecule has 0 aliphatic carbocycles. The van der Waals surface area contributed by atoms with Gasteiger partial charge in [0.15, 0.2) is 6.29 Å². The lowest BCUT2D eigenvalue weighted by molar-refractivity contribution is -0.215. The first-order chi connectivity index (χ1) is 16.9. The van der Waals surface area contributed by atoms with Gasteiger partial charge in [-0.3, -0.25) is 14.9 Å². The lowest BCUT2D eigenvalue weighted by Gasteiger charge is -2.39. The number of nitrogens with zero attached hydrogens (tertiary/aromatic N) is 5. The molecule has 4 rings (SSSR count). The lowest BCUT2D eigenvalue weighted by Crippen LogP contribution is -2.47. The minimum atomic E-state index is -0.319. The second kappa shape index (κ2) is 11.3. The van der Waals surface area contributed by atoms with Gasteiger partial charge in [-0.05, 0) is 43.7 Å². The second-order valence-corrected chi connectivity index (χ2v) is 10.2. The molecule has 2 saturated heterocycles. The van der Waals surface area contributed by atoms with E-state index in [-0.39, 0.29) is 11.7 Å². The van der Waals surface area contributed by atoms with Crippen molar-refractivity contribution in [2.24, 2.45) is 21.4 Å². The van der Waals surface area contributed by atoms with E-state index < -0.39 is 0 Å². The number of aryl methyl sites for hydroxylation is 1. The number of aromatic nitrogens is 1. The fourth-order valence-corrected chi connectivity index (χ4v) is 4.54. The van der Waals surface area contributed by atoms with E-state index in [0.717, 1.165) is 43.0 Å². The minimum absolute atomic E-state index is 0.0486. The average Bonchev–Trinajstić information content (AvgIpc) is 2.88. The first-order valence-corrected chi connectivity index (χ1v) is 12.4. The van der Waals surface area contributed by atoms with Gasteiger partial charge in [0.2, 0.25) is 0 Å². The molecule has 8 nitrogen and oxygen atoms in total. The van der Waals surface area contributed by atoms with Crippen molar-refractivity contribution in [3.8, 4) is 0 Å². The molecule has 2 aliphatic heterocycles. The highest BCUT2D eigenvalue weighted by Gasteiger charge is 2.28. The highest BCUT2D eigenvalue weighted by atomic mass is 16.7. The van der Waals surface area contributed by atoms with Gasteiger partial charge in [-0.2, -0.15) is 5.10 Å². The molecule has 1 atom stereocenters. The molecule has 3 heterocycles. The van der Waals surface area contributed by atoms with Gasteiger partial charge in [-0.1, -0.05) is 26.0 Å². The summed E-state index contributed by atoms with van der Waals surface area (Å²) >= 11 is 0. The maximum atomic E-state index is 5.75. The summed E-state index contributed by atoms with van der Waals surface area (Å²) in [6, 6.07) is 12.9. The third kappa shape index (κ3) is 6.45. The number of hydrogen-bond donors (Lipinski definition) is 1. The van der Waals surface area contributed by atoms with E-state index in [1.807, 2.05) is 12.3 Å². The van der Waals surface area contributed by atoms with Crippen LogP contribution in [0.3, 0.4) is 0 Å². The number of nitrogens with two attached hydrogens (primary N) is 1. The van der Waals surface area contributed by atoms with Crippen molar-refractivity contribution in [2.75, 3.05) is 50.8 Å². The Morgan fingerprint density at radius 1 is 1.17 bits per heavy atom. The zero-order valence-corrected chi connectivity index (χ0v) is 21.4. The summed E-state index contributed by atoms with van der Waals surface area (Å²) in [7, 11) is 0. The van der Waals surface area contributed by atoms with Gasteiger partial charge in [0.1, 0.15) is 5.71 Å². The van der Waals surface area contributed by atoms with Gasteiger partial charge in [0.05, 0.1) is 25.5 Å². The largest absolute Gasteiger partial charge is 0.369 e. The molecule has 0 spiro atoms. The van der Waals surface area contributed by atoms with E-state index in [1.165, 1.54) is 5.69 Å². The Morgan fingerprint density at radius 3 is 2.54 bits per heavy atom. The van der Waals surface area contributed by atoms with Crippen LogP contribution in [0.4, 0.5) is 5.69 Å². The number of hydrazone groups is 1. The molecule has 8 heteroatoms. The molecule has 0 amide bonds. The molecular weight excluding hydrogens is 440 g/mol. The standard InChI is InChI=1S/C27H38N6O2/c1-20-15-22(33-13-11-32(12-14-33)21(2)24-7-5-6-10-30-24)8-9-23(20)25(31-28)16-29-17-26-34-18-27(3,4)19-35-26/h5-10,15-16,21,26H,11-14,17-19,28H2,1-4H3/b29-16?,31-25+. The summed E-state index contributed by atoms with van der Waals surface area (Å²) in [4.78, 5) is 13.9. The molecule has 2 N–H and O–H groups in total. The van der Waals surface area contributed by atoms with Gasteiger partial charge < -0.3 is 20.2 Å². The molecule has 1 aromatic carbocycles. The summed E-state index contributed by atoms with van der Waals surface area (Å²) in [5.74, 6) is 5.71. The summed E-state index contributed by atoms with van der Waals surface area (Å²) in [6.07, 6.45) is 3.27. The number of hydrogen-bond acceptors (Lipinski definition) is 8. The molecule has 0 bridgehead atoms. The molecule has 2 aliphatic rings. The molecule has 2 fully saturated rings. The topological polar surface area (TPSA) is 88.6 Å². The second-order valence-electron chi connectivity index (χ2n) is 10.2. The van der Waals surface area contributed by atoms with Crippen LogP contribution in [0.25, 0.3) is 0 Å². The lowest BCUT2D eigenvalue weighted by atomic mass is 9.96. The van der Waals surface area contributed by atoms with Crippen LogP contribution in [0.5, 0.6) is 0 Å². The smallest absolute Gasteiger partial charge is 0.176 e. The summed E-state index contributed by atoms with van der Waals surface area (Å²) in [6.45, 7) is 14.3. The molecule has 1 unspecified atom stereocenters. The number of pyridine rings is 1. The third-order valence-corrected chi connectivity index (χ3v) is 6.76. The number of ether oxygens (including phenoxy) is 2. The third-order valence-electron chi connectivity index (χ3n) is 6.76. The van der Waals surface area contributed by atoms with Crippen LogP contribution in [0, 0.1) is 12.3 Å². The molecule has 2 aromatic rings. The molecule has 188 valence electrons. The summed E-state index contributed by atoms with van der Waals surface area (Å²) in [5.41, 5.74) is 5.15. The average molecular weight is 479 g/mol. The van der Waals surface area contributed by atoms with Crippen LogP contribution in [0.1, 0.15) is 43.6 Å². The van der Waals surface area contributed by atoms with E-state index in [2.05, 4.69) is 82.9 Å². The van der Waals surface area contributed by atoms with E-state index in [4.69, 9.17) is 15.3 Å². The zero-order chi connectivity index (χ0) is 24.8. The molecule has 0 radical (unpaired) electrons. The number of piperazine rings is 1. The van der Waals surface area contributed by atoms with Gasteiger partial charge in [0.25, 0.3) is 0 Å². The number of aliphatic imine (C=N–C) groups is 1. The molecule has 0 saturated carbocycles. The number of benzene rings is 1. The van der Waals surface area contributed by atoms with Crippen molar-refractivity contribution in [3.63, 3.8) is 0 Å². The highest BCUT2D eigenvalue weighted by molar-refractivity contribution is 6.38. The van der Waals surface area contributed by atoms with Crippen molar-refractivity contribution in [2.45, 2.75) is 40.0 Å². The van der Waals surface area contributed by atoms with E-state index in [1.54, 1.807) is 6.21 Å². The monoisotopic (exact) mass is 478 g/mol. The van der Waals surface area contributed by atoms with Crippen molar-refractivity contribution in [1.29, 1.82) is 0 Å². The first-order valence-electron chi connectivity index (χ1n) is 12.4. The van der Waals surface area contributed by atoms with Crippen molar-refractivity contribution in [3.05, 3.63) is 59.4 Å². The Bertz CT molecular complexity index is 1020. The fraction of sp³-hybridized carbons (Fsp3) is 0.519. The van der Waals surface area contributed by atoms with Gasteiger partial charge >= 0.3 is 0 Å². The summed E-state index contributed by atoms with van der Waals surface area (Å²) < 4.78 is 11.5. The maximum Gasteiger partial charge on any atom is 0.176 e. The maximum absolute atomic E-state index is 5.75. The summed E-state index contributed by atoms with van der Waals surface area (Å²) in [5, 5.41) is 3.98. The van der Waals surface area contributed by atoms with E-state index in [9.17, 15) is 0 Å². The van der Waals surface area contributed by atoms with Crippen LogP contribution < -0.4 is 10.7 Å². The van der Waals surface area contributed by atoms with Crippen LogP contribution in [0.2, 0.25) is 0 Å². The molecular formula is C27H38N6O2. The minimum Gasteiger partial charge on any atom is -0.369 e. The van der Waals surface area contributed by atoms with Crippen molar-refractivity contribution in [1.82, 2.24) is 9.88 Å². The van der Waals surface area contributed by atoms with Crippen LogP contribution >= 0.6 is 0 Å². The van der Waals surface area contributed by atoms with E-state index >= 15 is 0 Å². The zero-order valence-electron chi connectivity index (χ0n) is 21.4. The quantitative estimate of drug-likeness (QED) is 0.373. The Balaban J connectivity index is 1.33. The normalized spacial score (nSPS) is 20.9. The van der Waals surface area contributed by atoms with Crippen LogP contribution in [0.15, 0.2) is 52.7 Å². The predicted molar refractivity (Wildman–Crippen MR) is 141 cm³/mol. The Morgan fingerprint density at radius 2 is 1.91 bits per heavy atom. The predicted octanol–water partition coefficient (Wildman–Crippen LogP) is 3.41. The van der Waals surface area contributed by atoms with Crippen molar-refractivity contribution >= 4 is 17.6 Å². The van der Waals surface area contributed by atoms with Gasteiger partial charge in [-0.25, -0.2) is 0 Å².